The summed E-state index contributed by atoms with van der Waals surface area (Å²) in [4.78, 5) is 29.0. The van der Waals surface area contributed by atoms with Gasteiger partial charge in [-0.2, -0.15) is 0 Å². The Kier molecular flexibility index (Phi) is 9.23. The Bertz CT molecular complexity index is 1150. The molecule has 1 aromatic heterocycles. The van der Waals surface area contributed by atoms with Gasteiger partial charge in [0, 0.05) is 35.9 Å². The van der Waals surface area contributed by atoms with Crippen molar-refractivity contribution in [2.45, 2.75) is 58.7 Å². The molecule has 9 heteroatoms. The number of benzene rings is 2. The lowest BCUT2D eigenvalue weighted by molar-refractivity contribution is -0.142. The van der Waals surface area contributed by atoms with Gasteiger partial charge in [0.15, 0.2) is 0 Å². The monoisotopic (exact) mass is 499 g/mol. The lowest BCUT2D eigenvalue weighted by atomic mass is 9.98. The minimum Gasteiger partial charge on any atom is -0.382 e. The maximum Gasteiger partial charge on any atom is 0.247 e. The van der Waals surface area contributed by atoms with Crippen LogP contribution < -0.4 is 5.32 Å². The van der Waals surface area contributed by atoms with Crippen LogP contribution in [0.1, 0.15) is 52.1 Å². The number of aromatic nitrogens is 3. The third-order valence-corrected chi connectivity index (χ3v) is 6.37. The molecule has 2 aromatic carbocycles. The van der Waals surface area contributed by atoms with Gasteiger partial charge in [0.1, 0.15) is 18.1 Å². The number of nitrogens with zero attached hydrogens (tertiary/aromatic N) is 4. The van der Waals surface area contributed by atoms with Gasteiger partial charge in [-0.3, -0.25) is 9.59 Å². The van der Waals surface area contributed by atoms with Crippen LogP contribution in [0.25, 0.3) is 11.0 Å². The topological polar surface area (TPSA) is 89.3 Å². The van der Waals surface area contributed by atoms with E-state index in [4.69, 9.17) is 16.3 Å². The van der Waals surface area contributed by atoms with Crippen LogP contribution in [0.15, 0.2) is 48.5 Å². The second kappa shape index (κ2) is 12.1. The molecule has 0 spiro atoms. The van der Waals surface area contributed by atoms with E-state index >= 15 is 0 Å². The second-order valence-corrected chi connectivity index (χ2v) is 9.43. The predicted molar refractivity (Wildman–Crippen MR) is 137 cm³/mol. The molecular weight excluding hydrogens is 466 g/mol. The van der Waals surface area contributed by atoms with Crippen LogP contribution >= 0.6 is 11.6 Å². The number of carbonyl (C=O) groups excluding carboxylic acids is 2. The maximum atomic E-state index is 13.8. The molecule has 3 rings (SSSR count). The van der Waals surface area contributed by atoms with E-state index in [9.17, 15) is 9.59 Å². The van der Waals surface area contributed by atoms with Crippen molar-refractivity contribution in [1.29, 1.82) is 0 Å². The molecule has 0 unspecified atom stereocenters. The molecule has 0 aliphatic heterocycles. The fraction of sp³-hybridized carbons (Fsp3) is 0.462. The first-order valence-corrected chi connectivity index (χ1v) is 12.4. The number of para-hydroxylation sites is 1. The molecule has 1 heterocycles. The van der Waals surface area contributed by atoms with E-state index in [0.717, 1.165) is 11.9 Å². The summed E-state index contributed by atoms with van der Waals surface area (Å²) in [5.74, 6) is -0.537. The number of hydrogen-bond acceptors (Lipinski definition) is 5. The second-order valence-electron chi connectivity index (χ2n) is 9.02. The maximum absolute atomic E-state index is 13.8. The van der Waals surface area contributed by atoms with Gasteiger partial charge in [-0.1, -0.05) is 54.1 Å². The molecule has 2 amide bonds. The van der Waals surface area contributed by atoms with Crippen LogP contribution in [0.4, 0.5) is 0 Å². The van der Waals surface area contributed by atoms with Gasteiger partial charge in [-0.25, -0.2) is 4.68 Å². The number of hydrogen-bond donors (Lipinski definition) is 1. The predicted octanol–water partition coefficient (Wildman–Crippen LogP) is 4.39. The average molecular weight is 500 g/mol. The number of carbonyl (C=O) groups is 2. The first-order chi connectivity index (χ1) is 16.8. The summed E-state index contributed by atoms with van der Waals surface area (Å²) in [6.45, 7) is 9.16. The molecule has 0 saturated carbocycles. The van der Waals surface area contributed by atoms with E-state index in [1.165, 1.54) is 0 Å². The Morgan fingerprint density at radius 3 is 2.57 bits per heavy atom. The van der Waals surface area contributed by atoms with Gasteiger partial charge in [0.05, 0.1) is 5.52 Å². The molecule has 0 radical (unpaired) electrons. The lowest BCUT2D eigenvalue weighted by Gasteiger charge is -2.35. The Morgan fingerprint density at radius 2 is 1.86 bits per heavy atom. The van der Waals surface area contributed by atoms with E-state index in [1.54, 1.807) is 27.8 Å². The SMILES string of the molecule is CCOCCCN(C(=O)Cn1nnc2ccccc21)[C@H](C(=O)NC(C)(C)CC)c1ccccc1Cl. The van der Waals surface area contributed by atoms with E-state index in [-0.39, 0.29) is 18.4 Å². The van der Waals surface area contributed by atoms with Crippen LogP contribution in [0.3, 0.4) is 0 Å². The van der Waals surface area contributed by atoms with Crippen molar-refractivity contribution in [3.63, 3.8) is 0 Å². The molecule has 0 fully saturated rings. The van der Waals surface area contributed by atoms with Gasteiger partial charge in [0.25, 0.3) is 0 Å². The van der Waals surface area contributed by atoms with Gasteiger partial charge in [0.2, 0.25) is 11.8 Å². The highest BCUT2D eigenvalue weighted by Gasteiger charge is 2.35. The Hall–Kier alpha value is -2.97. The number of halogens is 1. The van der Waals surface area contributed by atoms with Gasteiger partial charge in [-0.15, -0.1) is 5.10 Å². The highest BCUT2D eigenvalue weighted by molar-refractivity contribution is 6.31. The number of ether oxygens (including phenoxy) is 1. The van der Waals surface area contributed by atoms with E-state index in [0.29, 0.717) is 42.3 Å². The number of amides is 2. The summed E-state index contributed by atoms with van der Waals surface area (Å²) in [7, 11) is 0. The zero-order valence-electron chi connectivity index (χ0n) is 20.8. The molecular formula is C26H34ClN5O3. The molecule has 1 atom stereocenters. The van der Waals surface area contributed by atoms with Crippen molar-refractivity contribution < 1.29 is 14.3 Å². The van der Waals surface area contributed by atoms with Gasteiger partial charge < -0.3 is 15.0 Å². The van der Waals surface area contributed by atoms with Gasteiger partial charge in [-0.05, 0) is 51.8 Å². The molecule has 8 nitrogen and oxygen atoms in total. The first kappa shape index (κ1) is 26.6. The molecule has 0 saturated heterocycles. The van der Waals surface area contributed by atoms with Crippen LogP contribution in [0.5, 0.6) is 0 Å². The van der Waals surface area contributed by atoms with Crippen LogP contribution in [-0.4, -0.2) is 57.0 Å². The van der Waals surface area contributed by atoms with Crippen LogP contribution in [0, 0.1) is 0 Å². The minimum absolute atomic E-state index is 0.0550. The third kappa shape index (κ3) is 6.80. The number of nitrogens with one attached hydrogen (secondary N) is 1. The summed E-state index contributed by atoms with van der Waals surface area (Å²) in [6, 6.07) is 13.7. The fourth-order valence-corrected chi connectivity index (χ4v) is 4.01. The first-order valence-electron chi connectivity index (χ1n) is 12.0. The zero-order chi connectivity index (χ0) is 25.4. The zero-order valence-corrected chi connectivity index (χ0v) is 21.6. The van der Waals surface area contributed by atoms with E-state index < -0.39 is 11.6 Å². The van der Waals surface area contributed by atoms with Crippen molar-refractivity contribution >= 4 is 34.4 Å². The van der Waals surface area contributed by atoms with Crippen molar-refractivity contribution in [1.82, 2.24) is 25.2 Å². The molecule has 35 heavy (non-hydrogen) atoms. The Labute approximate surface area is 211 Å². The quantitative estimate of drug-likeness (QED) is 0.373. The standard InChI is InChI=1S/C26H34ClN5O3/c1-5-26(3,4)28-25(34)24(19-12-7-8-13-20(19)27)31(16-11-17-35-6-2)23(33)18-32-22-15-10-9-14-21(22)29-30-32/h7-10,12-15,24H,5-6,11,16-18H2,1-4H3,(H,28,34)/t24-/m0/s1. The number of fused-ring (bicyclic) bond motifs is 1. The van der Waals surface area contributed by atoms with Crippen LogP contribution in [0.2, 0.25) is 5.02 Å². The van der Waals surface area contributed by atoms with Gasteiger partial charge >= 0.3 is 0 Å². The van der Waals surface area contributed by atoms with Crippen molar-refractivity contribution in [3.05, 3.63) is 59.1 Å². The third-order valence-electron chi connectivity index (χ3n) is 6.02. The van der Waals surface area contributed by atoms with Crippen LogP contribution in [-0.2, 0) is 20.9 Å². The lowest BCUT2D eigenvalue weighted by Crippen LogP contribution is -2.51. The highest BCUT2D eigenvalue weighted by Crippen LogP contribution is 2.29. The fourth-order valence-electron chi connectivity index (χ4n) is 3.77. The van der Waals surface area contributed by atoms with E-state index in [1.807, 2.05) is 58.0 Å². The van der Waals surface area contributed by atoms with E-state index in [2.05, 4.69) is 15.6 Å². The highest BCUT2D eigenvalue weighted by atomic mass is 35.5. The smallest absolute Gasteiger partial charge is 0.247 e. The molecule has 188 valence electrons. The molecule has 0 aliphatic rings. The summed E-state index contributed by atoms with van der Waals surface area (Å²) in [6.07, 6.45) is 1.31. The largest absolute Gasteiger partial charge is 0.382 e. The van der Waals surface area contributed by atoms with Crippen molar-refractivity contribution in [2.75, 3.05) is 19.8 Å². The summed E-state index contributed by atoms with van der Waals surface area (Å²) < 4.78 is 7.06. The molecule has 1 N–H and O–H groups in total. The Balaban J connectivity index is 1.99. The normalized spacial score (nSPS) is 12.5. The minimum atomic E-state index is -0.904. The number of rotatable bonds is 12. The summed E-state index contributed by atoms with van der Waals surface area (Å²) in [5, 5.41) is 11.8. The average Bonchev–Trinajstić information content (AvgIpc) is 3.24. The van der Waals surface area contributed by atoms with Crippen molar-refractivity contribution in [2.24, 2.45) is 0 Å². The summed E-state index contributed by atoms with van der Waals surface area (Å²) >= 11 is 6.55. The summed E-state index contributed by atoms with van der Waals surface area (Å²) in [5.41, 5.74) is 1.58. The molecule has 0 bridgehead atoms. The molecule has 3 aromatic rings. The van der Waals surface area contributed by atoms with Crippen molar-refractivity contribution in [3.8, 4) is 0 Å². The molecule has 0 aliphatic carbocycles. The Morgan fingerprint density at radius 1 is 1.14 bits per heavy atom.